The Morgan fingerprint density at radius 2 is 0.738 bits per heavy atom. The van der Waals surface area contributed by atoms with Crippen LogP contribution in [0.3, 0.4) is 0 Å². The van der Waals surface area contributed by atoms with Gasteiger partial charge in [0.25, 0.3) is 0 Å². The van der Waals surface area contributed by atoms with Crippen molar-refractivity contribution in [1.82, 2.24) is 0 Å². The van der Waals surface area contributed by atoms with Crippen molar-refractivity contribution in [2.24, 2.45) is 0 Å². The van der Waals surface area contributed by atoms with Gasteiger partial charge in [0.15, 0.2) is 0 Å². The lowest BCUT2D eigenvalue weighted by molar-refractivity contribution is -0.148. The van der Waals surface area contributed by atoms with Gasteiger partial charge in [0.1, 0.15) is 0 Å². The minimum absolute atomic E-state index is 0.00155. The fourth-order valence-electron chi connectivity index (χ4n) is 5.41. The summed E-state index contributed by atoms with van der Waals surface area (Å²) in [6.45, 7) is 8.72. The molecule has 0 rings (SSSR count). The molecular formula is C38H76O4. The molecule has 0 heterocycles. The SMILES string of the molecule is CCCCCCCCCCCCCCCC(=O)O.CCCCCCCCCCCCCCCC(=O)OC(C)CCCC. The standard InChI is InChI=1S/C22H44O2.C16H32O2/c1-4-6-8-9-10-11-12-13-14-15-16-17-18-20-22(23)24-21(3)19-7-5-2;1-2-3-4-5-6-7-8-9-10-11-12-13-14-15-16(17)18/h21H,4-20H2,1-3H3;2-15H2,1H3,(H,17,18). The summed E-state index contributed by atoms with van der Waals surface area (Å²) in [4.78, 5) is 22.0. The summed E-state index contributed by atoms with van der Waals surface area (Å²) in [5.41, 5.74) is 0. The fraction of sp³-hybridized carbons (Fsp3) is 0.947. The smallest absolute Gasteiger partial charge is 0.306 e. The number of carboxylic acids is 1. The van der Waals surface area contributed by atoms with Crippen molar-refractivity contribution in [2.75, 3.05) is 0 Å². The van der Waals surface area contributed by atoms with E-state index in [9.17, 15) is 9.59 Å². The second kappa shape index (κ2) is 38.0. The summed E-state index contributed by atoms with van der Waals surface area (Å²) < 4.78 is 5.42. The highest BCUT2D eigenvalue weighted by molar-refractivity contribution is 5.69. The van der Waals surface area contributed by atoms with Gasteiger partial charge in [0.05, 0.1) is 6.10 Å². The number of hydrogen-bond donors (Lipinski definition) is 1. The van der Waals surface area contributed by atoms with E-state index in [1.165, 1.54) is 154 Å². The minimum atomic E-state index is -0.655. The van der Waals surface area contributed by atoms with Gasteiger partial charge in [-0.3, -0.25) is 9.59 Å². The molecule has 1 N–H and O–H groups in total. The number of ether oxygens (including phenoxy) is 1. The fourth-order valence-corrected chi connectivity index (χ4v) is 5.41. The van der Waals surface area contributed by atoms with Crippen molar-refractivity contribution in [3.8, 4) is 0 Å². The second-order valence-corrected chi connectivity index (χ2v) is 12.8. The van der Waals surface area contributed by atoms with E-state index in [1.54, 1.807) is 0 Å². The molecule has 0 fully saturated rings. The molecule has 252 valence electrons. The third-order valence-corrected chi connectivity index (χ3v) is 8.28. The van der Waals surface area contributed by atoms with E-state index in [-0.39, 0.29) is 12.1 Å². The van der Waals surface area contributed by atoms with Crippen molar-refractivity contribution in [3.05, 3.63) is 0 Å². The topological polar surface area (TPSA) is 63.6 Å². The van der Waals surface area contributed by atoms with E-state index in [0.717, 1.165) is 32.1 Å². The molecule has 42 heavy (non-hydrogen) atoms. The zero-order chi connectivity index (χ0) is 31.4. The lowest BCUT2D eigenvalue weighted by atomic mass is 10.0. The quantitative estimate of drug-likeness (QED) is 0.0619. The van der Waals surface area contributed by atoms with Gasteiger partial charge < -0.3 is 9.84 Å². The van der Waals surface area contributed by atoms with Crippen molar-refractivity contribution >= 4 is 11.9 Å². The zero-order valence-corrected chi connectivity index (χ0v) is 29.2. The molecule has 4 heteroatoms. The van der Waals surface area contributed by atoms with Gasteiger partial charge in [0.2, 0.25) is 0 Å². The van der Waals surface area contributed by atoms with E-state index in [4.69, 9.17) is 9.84 Å². The van der Waals surface area contributed by atoms with Gasteiger partial charge in [0, 0.05) is 12.8 Å². The van der Waals surface area contributed by atoms with Gasteiger partial charge in [-0.05, 0) is 26.2 Å². The predicted molar refractivity (Wildman–Crippen MR) is 183 cm³/mol. The minimum Gasteiger partial charge on any atom is -0.481 e. The van der Waals surface area contributed by atoms with Crippen LogP contribution in [0.2, 0.25) is 0 Å². The van der Waals surface area contributed by atoms with E-state index in [0.29, 0.717) is 12.8 Å². The predicted octanol–water partition coefficient (Wildman–Crippen LogP) is 13.1. The number of unbranched alkanes of at least 4 members (excludes halogenated alkanes) is 25. The highest BCUT2D eigenvalue weighted by Gasteiger charge is 2.08. The third kappa shape index (κ3) is 41.1. The Morgan fingerprint density at radius 1 is 0.452 bits per heavy atom. The molecule has 0 bridgehead atoms. The molecule has 4 nitrogen and oxygen atoms in total. The first kappa shape index (κ1) is 43.1. The van der Waals surface area contributed by atoms with Crippen LogP contribution in [-0.4, -0.2) is 23.1 Å². The van der Waals surface area contributed by atoms with E-state index in [1.807, 2.05) is 6.92 Å². The summed E-state index contributed by atoms with van der Waals surface area (Å²) >= 11 is 0. The zero-order valence-electron chi connectivity index (χ0n) is 29.2. The van der Waals surface area contributed by atoms with Crippen LogP contribution in [0.1, 0.15) is 227 Å². The van der Waals surface area contributed by atoms with E-state index < -0.39 is 5.97 Å². The molecule has 0 saturated carbocycles. The first-order valence-corrected chi connectivity index (χ1v) is 18.9. The average Bonchev–Trinajstić information content (AvgIpc) is 2.97. The van der Waals surface area contributed by atoms with Crippen LogP contribution in [0.25, 0.3) is 0 Å². The van der Waals surface area contributed by atoms with Crippen LogP contribution in [-0.2, 0) is 14.3 Å². The van der Waals surface area contributed by atoms with Crippen LogP contribution < -0.4 is 0 Å². The van der Waals surface area contributed by atoms with Gasteiger partial charge in [-0.15, -0.1) is 0 Å². The lowest BCUT2D eigenvalue weighted by Gasteiger charge is -2.12. The monoisotopic (exact) mass is 597 g/mol. The number of carboxylic acid groups (broad SMARTS) is 1. The number of rotatable bonds is 32. The van der Waals surface area contributed by atoms with Crippen LogP contribution in [0.15, 0.2) is 0 Å². The van der Waals surface area contributed by atoms with Gasteiger partial charge >= 0.3 is 11.9 Å². The Balaban J connectivity index is 0. The average molecular weight is 597 g/mol. The van der Waals surface area contributed by atoms with E-state index in [2.05, 4.69) is 20.8 Å². The Hall–Kier alpha value is -1.06. The van der Waals surface area contributed by atoms with Gasteiger partial charge in [-0.25, -0.2) is 0 Å². The lowest BCUT2D eigenvalue weighted by Crippen LogP contribution is -2.14. The maximum atomic E-state index is 11.7. The number of hydrogen-bond acceptors (Lipinski definition) is 3. The molecule has 0 amide bonds. The Kier molecular flexibility index (Phi) is 38.9. The molecule has 0 aliphatic carbocycles. The summed E-state index contributed by atoms with van der Waals surface area (Å²) in [5, 5.41) is 8.49. The molecule has 0 spiro atoms. The van der Waals surface area contributed by atoms with Crippen LogP contribution in [0.4, 0.5) is 0 Å². The highest BCUT2D eigenvalue weighted by atomic mass is 16.5. The maximum Gasteiger partial charge on any atom is 0.306 e. The van der Waals surface area contributed by atoms with E-state index >= 15 is 0 Å². The van der Waals surface area contributed by atoms with Gasteiger partial charge in [-0.1, -0.05) is 188 Å². The molecule has 0 aliphatic rings. The van der Waals surface area contributed by atoms with Crippen LogP contribution >= 0.6 is 0 Å². The molecule has 1 atom stereocenters. The van der Waals surface area contributed by atoms with Crippen molar-refractivity contribution in [2.45, 2.75) is 233 Å². The van der Waals surface area contributed by atoms with Crippen molar-refractivity contribution in [1.29, 1.82) is 0 Å². The first-order chi connectivity index (χ1) is 20.5. The number of esters is 1. The molecule has 0 radical (unpaired) electrons. The summed E-state index contributed by atoms with van der Waals surface area (Å²) in [5.74, 6) is -0.653. The van der Waals surface area contributed by atoms with Crippen molar-refractivity contribution in [3.63, 3.8) is 0 Å². The molecule has 0 aliphatic heterocycles. The molecule has 0 aromatic heterocycles. The van der Waals surface area contributed by atoms with Crippen molar-refractivity contribution < 1.29 is 19.4 Å². The highest BCUT2D eigenvalue weighted by Crippen LogP contribution is 2.15. The summed E-state index contributed by atoms with van der Waals surface area (Å²) in [6, 6.07) is 0. The van der Waals surface area contributed by atoms with Crippen LogP contribution in [0, 0.1) is 0 Å². The molecule has 0 aromatic carbocycles. The summed E-state index contributed by atoms with van der Waals surface area (Å²) in [6.07, 6.45) is 38.7. The molecular weight excluding hydrogens is 520 g/mol. The second-order valence-electron chi connectivity index (χ2n) is 12.8. The normalized spacial score (nSPS) is 11.6. The molecule has 0 aromatic rings. The number of carbonyl (C=O) groups excluding carboxylic acids is 1. The Labute approximate surface area is 263 Å². The maximum absolute atomic E-state index is 11.7. The third-order valence-electron chi connectivity index (χ3n) is 8.28. The first-order valence-electron chi connectivity index (χ1n) is 18.9. The summed E-state index contributed by atoms with van der Waals surface area (Å²) in [7, 11) is 0. The number of carbonyl (C=O) groups is 2. The number of aliphatic carboxylic acids is 1. The molecule has 1 unspecified atom stereocenters. The largest absolute Gasteiger partial charge is 0.481 e. The van der Waals surface area contributed by atoms with Gasteiger partial charge in [-0.2, -0.15) is 0 Å². The van der Waals surface area contributed by atoms with Crippen LogP contribution in [0.5, 0.6) is 0 Å². The Bertz CT molecular complexity index is 533. The molecule has 0 saturated heterocycles. The Morgan fingerprint density at radius 3 is 1.05 bits per heavy atom.